The highest BCUT2D eigenvalue weighted by atomic mass is 15.3. The summed E-state index contributed by atoms with van der Waals surface area (Å²) < 4.78 is 0. The number of aromatic nitrogens is 7. The third-order valence-corrected chi connectivity index (χ3v) is 11.2. The lowest BCUT2D eigenvalue weighted by Gasteiger charge is -2.49. The van der Waals surface area contributed by atoms with Gasteiger partial charge in [-0.3, -0.25) is 4.98 Å². The summed E-state index contributed by atoms with van der Waals surface area (Å²) in [6.45, 7) is 18.2. The molecule has 2 fully saturated rings. The van der Waals surface area contributed by atoms with Crippen LogP contribution in [0.3, 0.4) is 0 Å². The molecule has 4 aromatic heterocycles. The molecule has 2 aliphatic heterocycles. The average Bonchev–Trinajstić information content (AvgIpc) is 3.15. The van der Waals surface area contributed by atoms with Gasteiger partial charge in [0.25, 0.3) is 0 Å². The first kappa shape index (κ1) is 39.1. The highest BCUT2D eigenvalue weighted by Crippen LogP contribution is 2.34. The van der Waals surface area contributed by atoms with Crippen LogP contribution in [0, 0.1) is 0 Å². The van der Waals surface area contributed by atoms with Gasteiger partial charge in [0.2, 0.25) is 0 Å². The van der Waals surface area contributed by atoms with Crippen molar-refractivity contribution in [2.75, 3.05) is 23.9 Å². The minimum Gasteiger partial charge on any atom is -0.355 e. The van der Waals surface area contributed by atoms with Crippen molar-refractivity contribution in [2.24, 2.45) is 0 Å². The zero-order valence-electron chi connectivity index (χ0n) is 34.7. The number of para-hydroxylation sites is 1. The number of anilines is 2. The van der Waals surface area contributed by atoms with Gasteiger partial charge in [-0.05, 0) is 124 Å². The van der Waals surface area contributed by atoms with Gasteiger partial charge in [0.05, 0.1) is 29.3 Å². The van der Waals surface area contributed by atoms with Gasteiger partial charge in [-0.1, -0.05) is 30.3 Å². The fourth-order valence-electron chi connectivity index (χ4n) is 9.16. The fraction of sp³-hybridized carbons (Fsp3) is 0.444. The number of fused-ring (bicyclic) bond motifs is 2. The molecule has 2 N–H and O–H groups in total. The van der Waals surface area contributed by atoms with E-state index < -0.39 is 0 Å². The first-order valence-electron chi connectivity index (χ1n) is 19.7. The predicted molar refractivity (Wildman–Crippen MR) is 229 cm³/mol. The molecule has 11 nitrogen and oxygen atoms in total. The van der Waals surface area contributed by atoms with E-state index in [0.717, 1.165) is 81.5 Å². The maximum atomic E-state index is 4.54. The molecule has 2 aliphatic rings. The topological polar surface area (TPSA) is 121 Å². The third-order valence-electron chi connectivity index (χ3n) is 11.2. The van der Waals surface area contributed by atoms with Gasteiger partial charge in [-0.15, -0.1) is 20.4 Å². The number of rotatable bonds is 6. The van der Waals surface area contributed by atoms with E-state index in [1.54, 1.807) is 12.4 Å². The van der Waals surface area contributed by atoms with Crippen LogP contribution in [-0.2, 0) is 0 Å². The monoisotopic (exact) mass is 751 g/mol. The van der Waals surface area contributed by atoms with Crippen LogP contribution in [0.15, 0.2) is 91.4 Å². The number of hydrogen-bond donors (Lipinski definition) is 2. The summed E-state index contributed by atoms with van der Waals surface area (Å²) in [5, 5.41) is 36.7. The zero-order valence-corrected chi connectivity index (χ0v) is 34.7. The lowest BCUT2D eigenvalue weighted by molar-refractivity contribution is 0.160. The molecule has 6 heterocycles. The lowest BCUT2D eigenvalue weighted by atomic mass is 9.79. The summed E-state index contributed by atoms with van der Waals surface area (Å²) in [6, 6.07) is 25.5. The molecule has 0 unspecified atom stereocenters. The maximum absolute atomic E-state index is 4.54. The summed E-state index contributed by atoms with van der Waals surface area (Å²) in [5.74, 6) is 1.82. The Morgan fingerprint density at radius 1 is 0.500 bits per heavy atom. The van der Waals surface area contributed by atoms with Crippen molar-refractivity contribution in [1.29, 1.82) is 0 Å². The molecule has 0 aliphatic carbocycles. The molecule has 292 valence electrons. The molecule has 2 aromatic carbocycles. The Balaban J connectivity index is 0.000000172. The number of nitrogens with zero attached hydrogens (tertiary/aromatic N) is 9. The van der Waals surface area contributed by atoms with Gasteiger partial charge in [0.1, 0.15) is 0 Å². The number of hydrogen-bond acceptors (Lipinski definition) is 11. The molecule has 56 heavy (non-hydrogen) atoms. The minimum atomic E-state index is 0.0992. The van der Waals surface area contributed by atoms with Crippen LogP contribution >= 0.6 is 0 Å². The number of nitrogens with one attached hydrogen (secondary N) is 2. The van der Waals surface area contributed by atoms with Crippen LogP contribution in [0.2, 0.25) is 0 Å². The van der Waals surface area contributed by atoms with E-state index in [1.807, 2.05) is 42.6 Å². The molecule has 0 bridgehead atoms. The van der Waals surface area contributed by atoms with Gasteiger partial charge in [-0.2, -0.15) is 10.2 Å². The van der Waals surface area contributed by atoms with E-state index in [4.69, 9.17) is 0 Å². The second kappa shape index (κ2) is 15.1. The van der Waals surface area contributed by atoms with Gasteiger partial charge in [-0.25, -0.2) is 0 Å². The van der Waals surface area contributed by atoms with Crippen molar-refractivity contribution in [3.63, 3.8) is 0 Å². The molecular formula is C45H57N11. The van der Waals surface area contributed by atoms with Crippen molar-refractivity contribution in [2.45, 2.75) is 115 Å². The smallest absolute Gasteiger partial charge is 0.151 e. The molecule has 0 atom stereocenters. The molecule has 0 amide bonds. The van der Waals surface area contributed by atoms with Crippen molar-refractivity contribution < 1.29 is 0 Å². The number of benzene rings is 2. The van der Waals surface area contributed by atoms with Gasteiger partial charge in [0.15, 0.2) is 11.6 Å². The number of pyridine rings is 1. The standard InChI is InChI=1S/C23H29N5.C22H28N6/c1-22(2)13-18(14-23(3,4)27-22)28(5)21-11-10-20(25-26-21)17-12-16-8-6-7-9-19(16)24-15-17;1-21(2)11-18(12-22(3,4)27-21)28(5)20-9-8-19(25-26-20)15-6-7-16-13-23-24-14-17(16)10-15/h6-12,15,18,27H,13-14H2,1-5H3;6-10,13-14,18,27H,11-12H2,1-5H3. The Morgan fingerprint density at radius 3 is 1.50 bits per heavy atom. The highest BCUT2D eigenvalue weighted by molar-refractivity contribution is 5.85. The molecule has 11 heteroatoms. The summed E-state index contributed by atoms with van der Waals surface area (Å²) in [4.78, 5) is 9.09. The highest BCUT2D eigenvalue weighted by Gasteiger charge is 2.40. The van der Waals surface area contributed by atoms with Crippen molar-refractivity contribution in [3.05, 3.63) is 91.4 Å². The molecule has 2 saturated heterocycles. The molecule has 0 saturated carbocycles. The Morgan fingerprint density at radius 2 is 0.982 bits per heavy atom. The molecule has 0 radical (unpaired) electrons. The minimum absolute atomic E-state index is 0.0992. The van der Waals surface area contributed by atoms with Crippen molar-refractivity contribution in [3.8, 4) is 22.5 Å². The van der Waals surface area contributed by atoms with Crippen LogP contribution in [0.25, 0.3) is 44.2 Å². The lowest BCUT2D eigenvalue weighted by Crippen LogP contribution is -2.62. The first-order valence-corrected chi connectivity index (χ1v) is 19.7. The van der Waals surface area contributed by atoms with Gasteiger partial charge >= 0.3 is 0 Å². The second-order valence-corrected chi connectivity index (χ2v) is 18.4. The Kier molecular flexibility index (Phi) is 10.5. The summed E-state index contributed by atoms with van der Waals surface area (Å²) >= 11 is 0. The Hall–Kier alpha value is -5.13. The normalized spacial score (nSPS) is 18.9. The average molecular weight is 752 g/mol. The largest absolute Gasteiger partial charge is 0.355 e. The maximum Gasteiger partial charge on any atom is 0.151 e. The molecule has 6 aromatic rings. The molecular weight excluding hydrogens is 695 g/mol. The summed E-state index contributed by atoms with van der Waals surface area (Å²) in [5.41, 5.74) is 5.13. The van der Waals surface area contributed by atoms with Crippen LogP contribution in [0.5, 0.6) is 0 Å². The van der Waals surface area contributed by atoms with E-state index in [1.165, 1.54) is 0 Å². The fourth-order valence-corrected chi connectivity index (χ4v) is 9.16. The van der Waals surface area contributed by atoms with Crippen LogP contribution in [-0.4, -0.2) is 83.9 Å². The van der Waals surface area contributed by atoms with Crippen LogP contribution in [0.4, 0.5) is 11.6 Å². The zero-order chi connectivity index (χ0) is 39.9. The predicted octanol–water partition coefficient (Wildman–Crippen LogP) is 8.27. The van der Waals surface area contributed by atoms with Crippen molar-refractivity contribution >= 4 is 33.3 Å². The van der Waals surface area contributed by atoms with Crippen LogP contribution in [0.1, 0.15) is 81.1 Å². The Bertz CT molecular complexity index is 2090. The van der Waals surface area contributed by atoms with Crippen LogP contribution < -0.4 is 20.4 Å². The SMILES string of the molecule is CN(c1ccc(-c2ccc3cnncc3c2)nn1)C1CC(C)(C)NC(C)(C)C1.CN(c1ccc(-c2cnc3ccccc3c2)nn1)C1CC(C)(C)NC(C)(C)C1. The number of piperidine rings is 2. The Labute approximate surface area is 331 Å². The molecule has 0 spiro atoms. The van der Waals surface area contributed by atoms with E-state index in [0.29, 0.717) is 12.1 Å². The van der Waals surface area contributed by atoms with E-state index in [2.05, 4.69) is 162 Å². The van der Waals surface area contributed by atoms with Gasteiger partial charge in [0, 0.05) is 81.8 Å². The third kappa shape index (κ3) is 9.11. The van der Waals surface area contributed by atoms with Crippen molar-refractivity contribution in [1.82, 2.24) is 46.2 Å². The summed E-state index contributed by atoms with van der Waals surface area (Å²) in [6.07, 6.45) is 9.70. The second-order valence-electron chi connectivity index (χ2n) is 18.4. The summed E-state index contributed by atoms with van der Waals surface area (Å²) in [7, 11) is 4.25. The van der Waals surface area contributed by atoms with Gasteiger partial charge < -0.3 is 20.4 Å². The van der Waals surface area contributed by atoms with E-state index in [-0.39, 0.29) is 22.2 Å². The quantitative estimate of drug-likeness (QED) is 0.171. The van der Waals surface area contributed by atoms with E-state index in [9.17, 15) is 0 Å². The first-order chi connectivity index (χ1) is 26.4. The molecule has 8 rings (SSSR count). The van der Waals surface area contributed by atoms with E-state index >= 15 is 0 Å².